The van der Waals surface area contributed by atoms with Gasteiger partial charge in [-0.3, -0.25) is 9.89 Å². The molecule has 0 fully saturated rings. The molecule has 0 aliphatic rings. The average Bonchev–Trinajstić information content (AvgIpc) is 2.70. The fourth-order valence-electron chi connectivity index (χ4n) is 1.88. The van der Waals surface area contributed by atoms with Crippen LogP contribution in [0.2, 0.25) is 25.7 Å². The number of nitrogens with two attached hydrogens (primary N) is 1. The van der Waals surface area contributed by atoms with E-state index in [1.807, 2.05) is 0 Å². The van der Waals surface area contributed by atoms with Crippen LogP contribution in [-0.2, 0) is 21.7 Å². The van der Waals surface area contributed by atoms with Gasteiger partial charge >= 0.3 is 5.97 Å². The molecule has 1 atom stereocenters. The van der Waals surface area contributed by atoms with Gasteiger partial charge in [0.25, 0.3) is 0 Å². The maximum Gasteiger partial charge on any atom is 0.305 e. The zero-order valence-corrected chi connectivity index (χ0v) is 13.7. The molecular formula is C13H25N3O3Si. The number of hydrogen-bond donors (Lipinski definition) is 3. The van der Waals surface area contributed by atoms with Crippen molar-refractivity contribution in [2.45, 2.75) is 51.2 Å². The molecule has 114 valence electrons. The van der Waals surface area contributed by atoms with Crippen LogP contribution in [-0.4, -0.2) is 36.0 Å². The van der Waals surface area contributed by atoms with Gasteiger partial charge in [0.2, 0.25) is 0 Å². The summed E-state index contributed by atoms with van der Waals surface area (Å²) >= 11 is 0. The van der Waals surface area contributed by atoms with Gasteiger partial charge in [0.05, 0.1) is 30.5 Å². The summed E-state index contributed by atoms with van der Waals surface area (Å²) < 4.78 is 5.66. The van der Waals surface area contributed by atoms with E-state index in [9.17, 15) is 4.79 Å². The smallest absolute Gasteiger partial charge is 0.305 e. The van der Waals surface area contributed by atoms with E-state index < -0.39 is 19.6 Å². The molecule has 0 spiro atoms. The lowest BCUT2D eigenvalue weighted by atomic mass is 9.90. The van der Waals surface area contributed by atoms with Gasteiger partial charge in [0.1, 0.15) is 0 Å². The predicted molar refractivity (Wildman–Crippen MR) is 80.2 cm³/mol. The van der Waals surface area contributed by atoms with E-state index >= 15 is 0 Å². The minimum absolute atomic E-state index is 0.144. The quantitative estimate of drug-likeness (QED) is 0.503. The summed E-state index contributed by atoms with van der Waals surface area (Å²) in [5.41, 5.74) is 6.58. The third-order valence-electron chi connectivity index (χ3n) is 3.09. The molecule has 0 amide bonds. The molecular weight excluding hydrogens is 274 g/mol. The van der Waals surface area contributed by atoms with Crippen LogP contribution in [0.3, 0.4) is 0 Å². The van der Waals surface area contributed by atoms with E-state index in [1.165, 1.54) is 0 Å². The van der Waals surface area contributed by atoms with Crippen LogP contribution in [0.1, 0.15) is 24.6 Å². The third kappa shape index (κ3) is 5.44. The molecule has 6 nitrogen and oxygen atoms in total. The molecule has 0 saturated heterocycles. The zero-order chi connectivity index (χ0) is 15.4. The molecule has 1 heterocycles. The first-order chi connectivity index (χ1) is 9.12. The van der Waals surface area contributed by atoms with Gasteiger partial charge in [0, 0.05) is 20.2 Å². The Balaban J connectivity index is 2.61. The van der Waals surface area contributed by atoms with Crippen molar-refractivity contribution >= 4 is 14.0 Å². The van der Waals surface area contributed by atoms with E-state index in [4.69, 9.17) is 15.6 Å². The molecule has 0 unspecified atom stereocenters. The van der Waals surface area contributed by atoms with Crippen LogP contribution in [0.25, 0.3) is 0 Å². The first kappa shape index (κ1) is 16.9. The summed E-state index contributed by atoms with van der Waals surface area (Å²) in [7, 11) is -1.10. The van der Waals surface area contributed by atoms with E-state index in [-0.39, 0.29) is 6.42 Å². The molecule has 0 bridgehead atoms. The molecule has 1 aromatic rings. The highest BCUT2D eigenvalue weighted by Crippen LogP contribution is 2.24. The molecule has 0 aliphatic carbocycles. The Labute approximate surface area is 120 Å². The molecule has 0 aliphatic heterocycles. The number of ether oxygens (including phenoxy) is 1. The lowest BCUT2D eigenvalue weighted by Crippen LogP contribution is -2.36. The SMILES string of the molecule is C[C@](N)(CC(=O)O)c1cn[nH]c1COCC[Si](C)(C)C. The van der Waals surface area contributed by atoms with Gasteiger partial charge in [-0.2, -0.15) is 5.10 Å². The summed E-state index contributed by atoms with van der Waals surface area (Å²) in [6, 6.07) is 1.09. The topological polar surface area (TPSA) is 101 Å². The van der Waals surface area contributed by atoms with Crippen molar-refractivity contribution in [2.24, 2.45) is 5.73 Å². The molecule has 0 aromatic carbocycles. The summed E-state index contributed by atoms with van der Waals surface area (Å²) in [5, 5.41) is 15.7. The summed E-state index contributed by atoms with van der Waals surface area (Å²) in [6.45, 7) is 9.66. The van der Waals surface area contributed by atoms with Crippen LogP contribution in [0, 0.1) is 0 Å². The second kappa shape index (κ2) is 6.51. The second-order valence-corrected chi connectivity index (χ2v) is 12.2. The number of carbonyl (C=O) groups is 1. The number of carboxylic acid groups (broad SMARTS) is 1. The van der Waals surface area contributed by atoms with Gasteiger partial charge in [-0.05, 0) is 13.0 Å². The highest BCUT2D eigenvalue weighted by molar-refractivity contribution is 6.76. The van der Waals surface area contributed by atoms with Crippen LogP contribution < -0.4 is 5.73 Å². The van der Waals surface area contributed by atoms with Crippen molar-refractivity contribution < 1.29 is 14.6 Å². The van der Waals surface area contributed by atoms with Crippen LogP contribution in [0.5, 0.6) is 0 Å². The highest BCUT2D eigenvalue weighted by Gasteiger charge is 2.28. The monoisotopic (exact) mass is 299 g/mol. The second-order valence-electron chi connectivity index (χ2n) is 6.61. The third-order valence-corrected chi connectivity index (χ3v) is 4.80. The number of aromatic amines is 1. The number of rotatable bonds is 8. The maximum atomic E-state index is 10.9. The molecule has 1 rings (SSSR count). The Hall–Kier alpha value is -1.18. The normalized spacial score (nSPS) is 15.1. The van der Waals surface area contributed by atoms with Crippen molar-refractivity contribution in [1.82, 2.24) is 10.2 Å². The van der Waals surface area contributed by atoms with E-state index in [0.717, 1.165) is 11.7 Å². The van der Waals surface area contributed by atoms with Gasteiger partial charge in [-0.1, -0.05) is 19.6 Å². The number of H-pyrrole nitrogens is 1. The van der Waals surface area contributed by atoms with Gasteiger partial charge < -0.3 is 15.6 Å². The standard InChI is InChI=1S/C13H25N3O3Si/c1-13(14,7-12(17)18)10-8-15-16-11(10)9-19-5-6-20(2,3)4/h8H,5-7,9,14H2,1-4H3,(H,15,16)(H,17,18)/t13-/m0/s1. The number of aliphatic carboxylic acids is 1. The summed E-state index contributed by atoms with van der Waals surface area (Å²) in [4.78, 5) is 10.9. The first-order valence-electron chi connectivity index (χ1n) is 6.73. The van der Waals surface area contributed by atoms with Gasteiger partial charge in [-0.15, -0.1) is 0 Å². The number of aromatic nitrogens is 2. The fourth-order valence-corrected chi connectivity index (χ4v) is 2.63. The van der Waals surface area contributed by atoms with E-state index in [2.05, 4.69) is 29.8 Å². The lowest BCUT2D eigenvalue weighted by molar-refractivity contribution is -0.138. The minimum atomic E-state index is -1.10. The molecule has 0 radical (unpaired) electrons. The van der Waals surface area contributed by atoms with Crippen molar-refractivity contribution in [3.05, 3.63) is 17.5 Å². The first-order valence-corrected chi connectivity index (χ1v) is 10.4. The Morgan fingerprint density at radius 3 is 2.75 bits per heavy atom. The van der Waals surface area contributed by atoms with E-state index in [0.29, 0.717) is 18.8 Å². The lowest BCUT2D eigenvalue weighted by Gasteiger charge is -2.23. The van der Waals surface area contributed by atoms with Crippen LogP contribution in [0.15, 0.2) is 6.20 Å². The van der Waals surface area contributed by atoms with Crippen molar-refractivity contribution in [3.63, 3.8) is 0 Å². The number of carboxylic acids is 1. The molecule has 7 heteroatoms. The Morgan fingerprint density at radius 1 is 1.55 bits per heavy atom. The largest absolute Gasteiger partial charge is 0.481 e. The Morgan fingerprint density at radius 2 is 2.20 bits per heavy atom. The van der Waals surface area contributed by atoms with Crippen molar-refractivity contribution in [3.8, 4) is 0 Å². The molecule has 0 saturated carbocycles. The van der Waals surface area contributed by atoms with Crippen LogP contribution >= 0.6 is 0 Å². The Bertz CT molecular complexity index is 452. The molecule has 20 heavy (non-hydrogen) atoms. The number of nitrogens with one attached hydrogen (secondary N) is 1. The minimum Gasteiger partial charge on any atom is -0.481 e. The Kier molecular flexibility index (Phi) is 5.49. The van der Waals surface area contributed by atoms with Crippen molar-refractivity contribution in [2.75, 3.05) is 6.61 Å². The van der Waals surface area contributed by atoms with Gasteiger partial charge in [-0.25, -0.2) is 0 Å². The maximum absolute atomic E-state index is 10.9. The van der Waals surface area contributed by atoms with E-state index in [1.54, 1.807) is 13.1 Å². The van der Waals surface area contributed by atoms with Crippen molar-refractivity contribution in [1.29, 1.82) is 0 Å². The van der Waals surface area contributed by atoms with Gasteiger partial charge in [0.15, 0.2) is 0 Å². The van der Waals surface area contributed by atoms with Crippen LogP contribution in [0.4, 0.5) is 0 Å². The predicted octanol–water partition coefficient (Wildman–Crippen LogP) is 1.91. The molecule has 4 N–H and O–H groups in total. The summed E-state index contributed by atoms with van der Waals surface area (Å²) in [5.74, 6) is -0.929. The highest BCUT2D eigenvalue weighted by atomic mass is 28.3. The zero-order valence-electron chi connectivity index (χ0n) is 12.7. The fraction of sp³-hybridized carbons (Fsp3) is 0.692. The number of hydrogen-bond acceptors (Lipinski definition) is 4. The summed E-state index contributed by atoms with van der Waals surface area (Å²) in [6.07, 6.45) is 1.44. The average molecular weight is 299 g/mol. The molecule has 1 aromatic heterocycles. The number of nitrogens with zero attached hydrogens (tertiary/aromatic N) is 1.